The Morgan fingerprint density at radius 1 is 1.50 bits per heavy atom. The molecule has 4 nitrogen and oxygen atoms in total. The number of alkyl halides is 2. The zero-order valence-corrected chi connectivity index (χ0v) is 7.89. The molecule has 1 heterocycles. The molecule has 0 spiro atoms. The van der Waals surface area contributed by atoms with Crippen LogP contribution in [0.5, 0.6) is 0 Å². The lowest BCUT2D eigenvalue weighted by Gasteiger charge is -2.02. The normalized spacial score (nSPS) is 10.6. The number of aromatic nitrogens is 1. The first-order valence-corrected chi connectivity index (χ1v) is 3.97. The molecule has 0 N–H and O–H groups in total. The van der Waals surface area contributed by atoms with Gasteiger partial charge in [0.2, 0.25) is 0 Å². The lowest BCUT2D eigenvalue weighted by molar-refractivity contribution is -0.386. The summed E-state index contributed by atoms with van der Waals surface area (Å²) in [7, 11) is 0. The first kappa shape index (κ1) is 11.1. The summed E-state index contributed by atoms with van der Waals surface area (Å²) in [6.07, 6.45) is -3.09. The van der Waals surface area contributed by atoms with E-state index in [4.69, 9.17) is 23.2 Å². The Kier molecular flexibility index (Phi) is 3.17. The monoisotopic (exact) mass is 242 g/mol. The summed E-state index contributed by atoms with van der Waals surface area (Å²) < 4.78 is 24.5. The van der Waals surface area contributed by atoms with E-state index >= 15 is 0 Å². The molecule has 0 radical (unpaired) electrons. The van der Waals surface area contributed by atoms with Crippen LogP contribution >= 0.6 is 23.2 Å². The van der Waals surface area contributed by atoms with Gasteiger partial charge in [-0.1, -0.05) is 23.2 Å². The summed E-state index contributed by atoms with van der Waals surface area (Å²) in [5, 5.41) is 9.60. The zero-order valence-electron chi connectivity index (χ0n) is 6.38. The fraction of sp³-hybridized carbons (Fsp3) is 0.167. The largest absolute Gasteiger partial charge is 0.315 e. The van der Waals surface area contributed by atoms with Gasteiger partial charge in [-0.3, -0.25) is 10.1 Å². The van der Waals surface area contributed by atoms with Gasteiger partial charge in [-0.15, -0.1) is 0 Å². The third-order valence-electron chi connectivity index (χ3n) is 1.33. The molecule has 1 aromatic rings. The molecule has 0 aliphatic heterocycles. The number of pyridine rings is 1. The quantitative estimate of drug-likeness (QED) is 0.455. The molecule has 76 valence electrons. The summed E-state index contributed by atoms with van der Waals surface area (Å²) in [4.78, 5) is 12.5. The van der Waals surface area contributed by atoms with Gasteiger partial charge in [0.1, 0.15) is 10.2 Å². The third-order valence-corrected chi connectivity index (χ3v) is 1.81. The highest BCUT2D eigenvalue weighted by molar-refractivity contribution is 6.35. The van der Waals surface area contributed by atoms with E-state index in [1.807, 2.05) is 0 Å². The molecule has 0 aromatic carbocycles. The van der Waals surface area contributed by atoms with Crippen molar-refractivity contribution in [3.05, 3.63) is 32.1 Å². The molecule has 0 saturated carbocycles. The SMILES string of the molecule is O=[N+]([O-])c1c(Cl)cc(Cl)nc1C(F)F. The Bertz CT molecular complexity index is 386. The molecular weight excluding hydrogens is 241 g/mol. The average molecular weight is 243 g/mol. The number of hydrogen-bond donors (Lipinski definition) is 0. The Hall–Kier alpha value is -1.01. The highest BCUT2D eigenvalue weighted by atomic mass is 35.5. The van der Waals surface area contributed by atoms with Crippen LogP contribution in [0.4, 0.5) is 14.5 Å². The van der Waals surface area contributed by atoms with Crippen molar-refractivity contribution in [2.75, 3.05) is 0 Å². The zero-order chi connectivity index (χ0) is 10.9. The van der Waals surface area contributed by atoms with Crippen LogP contribution in [0, 0.1) is 10.1 Å². The molecule has 1 aromatic heterocycles. The van der Waals surface area contributed by atoms with Crippen molar-refractivity contribution >= 4 is 28.9 Å². The fourth-order valence-corrected chi connectivity index (χ4v) is 1.35. The van der Waals surface area contributed by atoms with Crippen LogP contribution in [-0.2, 0) is 0 Å². The van der Waals surface area contributed by atoms with E-state index in [0.29, 0.717) is 0 Å². The van der Waals surface area contributed by atoms with Gasteiger partial charge in [-0.05, 0) is 0 Å². The van der Waals surface area contributed by atoms with Crippen LogP contribution in [0.25, 0.3) is 0 Å². The van der Waals surface area contributed by atoms with E-state index < -0.39 is 27.8 Å². The van der Waals surface area contributed by atoms with Crippen molar-refractivity contribution in [1.82, 2.24) is 4.98 Å². The number of nitro groups is 1. The smallest absolute Gasteiger partial charge is 0.258 e. The maximum Gasteiger partial charge on any atom is 0.315 e. The molecule has 0 amide bonds. The molecule has 8 heteroatoms. The maximum absolute atomic E-state index is 12.3. The van der Waals surface area contributed by atoms with E-state index in [2.05, 4.69) is 4.98 Å². The van der Waals surface area contributed by atoms with Crippen LogP contribution in [-0.4, -0.2) is 9.91 Å². The number of nitrogens with zero attached hydrogens (tertiary/aromatic N) is 2. The Labute approximate surface area is 86.6 Å². The molecule has 14 heavy (non-hydrogen) atoms. The number of hydrogen-bond acceptors (Lipinski definition) is 3. The summed E-state index contributed by atoms with van der Waals surface area (Å²) in [6.45, 7) is 0. The Morgan fingerprint density at radius 3 is 2.50 bits per heavy atom. The van der Waals surface area contributed by atoms with Gasteiger partial charge >= 0.3 is 5.69 Å². The molecule has 0 saturated heterocycles. The van der Waals surface area contributed by atoms with Gasteiger partial charge in [-0.2, -0.15) is 0 Å². The molecule has 0 fully saturated rings. The first-order chi connectivity index (χ1) is 6.43. The molecule has 0 aliphatic rings. The van der Waals surface area contributed by atoms with Crippen LogP contribution in [0.15, 0.2) is 6.07 Å². The first-order valence-electron chi connectivity index (χ1n) is 3.22. The predicted molar refractivity (Wildman–Crippen MR) is 45.9 cm³/mol. The van der Waals surface area contributed by atoms with Gasteiger partial charge < -0.3 is 0 Å². The van der Waals surface area contributed by atoms with Gasteiger partial charge in [-0.25, -0.2) is 13.8 Å². The van der Waals surface area contributed by atoms with E-state index in [1.165, 1.54) is 0 Å². The van der Waals surface area contributed by atoms with E-state index in [1.54, 1.807) is 0 Å². The second kappa shape index (κ2) is 4.02. The molecule has 1 rings (SSSR count). The Morgan fingerprint density at radius 2 is 2.07 bits per heavy atom. The van der Waals surface area contributed by atoms with E-state index in [9.17, 15) is 18.9 Å². The van der Waals surface area contributed by atoms with Gasteiger partial charge in [0.25, 0.3) is 6.43 Å². The summed E-state index contributed by atoms with van der Waals surface area (Å²) >= 11 is 10.7. The highest BCUT2D eigenvalue weighted by Gasteiger charge is 2.27. The molecule has 0 bridgehead atoms. The number of rotatable bonds is 2. The van der Waals surface area contributed by atoms with Gasteiger partial charge in [0, 0.05) is 6.07 Å². The summed E-state index contributed by atoms with van der Waals surface area (Å²) in [5.74, 6) is 0. The minimum absolute atomic E-state index is 0.309. The second-order valence-corrected chi connectivity index (χ2v) is 3.01. The Balaban J connectivity index is 3.44. The fourth-order valence-electron chi connectivity index (χ4n) is 0.828. The predicted octanol–water partition coefficient (Wildman–Crippen LogP) is 3.23. The van der Waals surface area contributed by atoms with Gasteiger partial charge in [0.15, 0.2) is 5.69 Å². The van der Waals surface area contributed by atoms with Crippen LogP contribution in [0.3, 0.4) is 0 Å². The summed E-state index contributed by atoms with van der Waals surface area (Å²) in [6, 6.07) is 0.938. The highest BCUT2D eigenvalue weighted by Crippen LogP contribution is 2.34. The molecule has 0 unspecified atom stereocenters. The lowest BCUT2D eigenvalue weighted by atomic mass is 10.3. The van der Waals surface area contributed by atoms with Crippen LogP contribution in [0.1, 0.15) is 12.1 Å². The van der Waals surface area contributed by atoms with Gasteiger partial charge in [0.05, 0.1) is 4.92 Å². The second-order valence-electron chi connectivity index (χ2n) is 2.22. The van der Waals surface area contributed by atoms with Crippen LogP contribution < -0.4 is 0 Å². The minimum atomic E-state index is -3.09. The van der Waals surface area contributed by atoms with Crippen molar-refractivity contribution in [2.24, 2.45) is 0 Å². The molecular formula is C6H2Cl2F2N2O2. The third kappa shape index (κ3) is 2.08. The number of halogens is 4. The standard InChI is InChI=1S/C6H2Cl2F2N2O2/c7-2-1-3(8)11-4(6(9)10)5(2)12(13)14/h1,6H. The van der Waals surface area contributed by atoms with Crippen molar-refractivity contribution in [3.8, 4) is 0 Å². The average Bonchev–Trinajstić information content (AvgIpc) is 2.01. The van der Waals surface area contributed by atoms with Crippen molar-refractivity contribution < 1.29 is 13.7 Å². The topological polar surface area (TPSA) is 56.0 Å². The van der Waals surface area contributed by atoms with Crippen molar-refractivity contribution in [1.29, 1.82) is 0 Å². The minimum Gasteiger partial charge on any atom is -0.258 e. The maximum atomic E-state index is 12.3. The summed E-state index contributed by atoms with van der Waals surface area (Å²) in [5.41, 5.74) is -1.93. The van der Waals surface area contributed by atoms with Crippen molar-refractivity contribution in [3.63, 3.8) is 0 Å². The van der Waals surface area contributed by atoms with Crippen LogP contribution in [0.2, 0.25) is 10.2 Å². The lowest BCUT2D eigenvalue weighted by Crippen LogP contribution is -2.00. The molecule has 0 aliphatic carbocycles. The van der Waals surface area contributed by atoms with Crippen molar-refractivity contribution in [2.45, 2.75) is 6.43 Å². The van der Waals surface area contributed by atoms with E-state index in [-0.39, 0.29) is 5.15 Å². The van der Waals surface area contributed by atoms with E-state index in [0.717, 1.165) is 6.07 Å². The molecule has 0 atom stereocenters.